The first-order valence-electron chi connectivity index (χ1n) is 7.23. The summed E-state index contributed by atoms with van der Waals surface area (Å²) in [5.41, 5.74) is 2.21. The number of nitrogens with zero attached hydrogens (tertiary/aromatic N) is 2. The van der Waals surface area contributed by atoms with Crippen LogP contribution in [0, 0.1) is 0 Å². The highest BCUT2D eigenvalue weighted by molar-refractivity contribution is 6.04. The second-order valence-corrected chi connectivity index (χ2v) is 5.42. The van der Waals surface area contributed by atoms with Crippen LogP contribution < -0.4 is 10.6 Å². The molecule has 0 aromatic carbocycles. The van der Waals surface area contributed by atoms with Crippen molar-refractivity contribution in [2.24, 2.45) is 4.99 Å². The average Bonchev–Trinajstić information content (AvgIpc) is 3.04. The van der Waals surface area contributed by atoms with Gasteiger partial charge in [-0.15, -0.1) is 0 Å². The summed E-state index contributed by atoms with van der Waals surface area (Å²) in [7, 11) is 0. The lowest BCUT2D eigenvalue weighted by molar-refractivity contribution is -0.120. The van der Waals surface area contributed by atoms with Crippen LogP contribution in [-0.4, -0.2) is 28.2 Å². The van der Waals surface area contributed by atoms with E-state index in [2.05, 4.69) is 20.6 Å². The maximum Gasteiger partial charge on any atom is 0.322 e. The highest BCUT2D eigenvalue weighted by atomic mass is 16.3. The Morgan fingerprint density at radius 2 is 2.12 bits per heavy atom. The highest BCUT2D eigenvalue weighted by Gasteiger charge is 2.34. The first kappa shape index (κ1) is 14.2. The lowest BCUT2D eigenvalue weighted by Crippen LogP contribution is -2.22. The molecule has 24 heavy (non-hydrogen) atoms. The van der Waals surface area contributed by atoms with Gasteiger partial charge in [0.2, 0.25) is 0 Å². The van der Waals surface area contributed by atoms with E-state index in [1.54, 1.807) is 24.5 Å². The van der Waals surface area contributed by atoms with Gasteiger partial charge in [0.15, 0.2) is 6.04 Å². The fourth-order valence-electron chi connectivity index (χ4n) is 2.64. The van der Waals surface area contributed by atoms with Crippen LogP contribution in [0.1, 0.15) is 28.7 Å². The van der Waals surface area contributed by atoms with Crippen LogP contribution in [-0.2, 0) is 11.2 Å². The SMILES string of the molecule is O=C1NC(=O)C(c2cc3c(o2)C=NC(c2cncc(O)c2)=CC3)N1. The molecule has 2 aromatic heterocycles. The van der Waals surface area contributed by atoms with Crippen molar-refractivity contribution in [2.45, 2.75) is 12.5 Å². The predicted molar refractivity (Wildman–Crippen MR) is 83.3 cm³/mol. The van der Waals surface area contributed by atoms with Crippen LogP contribution in [0.5, 0.6) is 5.75 Å². The quantitative estimate of drug-likeness (QED) is 0.719. The van der Waals surface area contributed by atoms with Gasteiger partial charge in [0.25, 0.3) is 5.91 Å². The van der Waals surface area contributed by atoms with Crippen LogP contribution in [0.4, 0.5) is 4.79 Å². The summed E-state index contributed by atoms with van der Waals surface area (Å²) in [6.45, 7) is 0. The van der Waals surface area contributed by atoms with Gasteiger partial charge in [-0.3, -0.25) is 20.1 Å². The molecule has 2 aromatic rings. The zero-order valence-electron chi connectivity index (χ0n) is 12.3. The molecule has 1 unspecified atom stereocenters. The number of aliphatic imine (C=N–C) groups is 1. The number of nitrogens with one attached hydrogen (secondary N) is 2. The Hall–Kier alpha value is -3.42. The maximum absolute atomic E-state index is 11.7. The van der Waals surface area contributed by atoms with Crippen LogP contribution in [0.3, 0.4) is 0 Å². The minimum atomic E-state index is -0.823. The second-order valence-electron chi connectivity index (χ2n) is 5.42. The van der Waals surface area contributed by atoms with E-state index in [-0.39, 0.29) is 5.75 Å². The number of carbonyl (C=O) groups is 2. The summed E-state index contributed by atoms with van der Waals surface area (Å²) in [5.74, 6) is 0.515. The Kier molecular flexibility index (Phi) is 3.16. The molecule has 2 aliphatic rings. The number of fused-ring (bicyclic) bond motifs is 1. The lowest BCUT2D eigenvalue weighted by Gasteiger charge is -2.02. The smallest absolute Gasteiger partial charge is 0.322 e. The Morgan fingerprint density at radius 1 is 1.25 bits per heavy atom. The number of hydrogen-bond acceptors (Lipinski definition) is 6. The number of rotatable bonds is 2. The molecule has 120 valence electrons. The maximum atomic E-state index is 11.7. The molecule has 3 amide bonds. The first-order chi connectivity index (χ1) is 11.6. The standard InChI is InChI=1S/C16H12N4O4/c21-10-3-9(5-17-6-10)11-2-1-8-4-12(24-13(8)7-18-11)14-15(22)20-16(23)19-14/h2-7,14,21H,1H2,(H2,19,20,22,23). The summed E-state index contributed by atoms with van der Waals surface area (Å²) < 4.78 is 5.67. The van der Waals surface area contributed by atoms with Crippen LogP contribution >= 0.6 is 0 Å². The van der Waals surface area contributed by atoms with Crippen molar-refractivity contribution in [3.63, 3.8) is 0 Å². The van der Waals surface area contributed by atoms with Crippen molar-refractivity contribution in [1.29, 1.82) is 0 Å². The third-order valence-corrected chi connectivity index (χ3v) is 3.78. The Labute approximate surface area is 135 Å². The van der Waals surface area contributed by atoms with E-state index in [4.69, 9.17) is 4.42 Å². The van der Waals surface area contributed by atoms with Gasteiger partial charge < -0.3 is 14.8 Å². The van der Waals surface area contributed by atoms with Gasteiger partial charge in [-0.05, 0) is 18.6 Å². The number of aromatic nitrogens is 1. The normalized spacial score (nSPS) is 19.3. The summed E-state index contributed by atoms with van der Waals surface area (Å²) in [6, 6.07) is 1.95. The Balaban J connectivity index is 1.62. The van der Waals surface area contributed by atoms with Gasteiger partial charge in [0.1, 0.15) is 17.3 Å². The molecule has 1 fully saturated rings. The van der Waals surface area contributed by atoms with E-state index in [0.717, 1.165) is 5.56 Å². The van der Waals surface area contributed by atoms with E-state index in [1.807, 2.05) is 6.08 Å². The molecule has 4 heterocycles. The van der Waals surface area contributed by atoms with Gasteiger partial charge in [-0.1, -0.05) is 6.08 Å². The summed E-state index contributed by atoms with van der Waals surface area (Å²) in [6.07, 6.45) is 6.93. The fraction of sp³-hybridized carbons (Fsp3) is 0.125. The predicted octanol–water partition coefficient (Wildman–Crippen LogP) is 1.28. The van der Waals surface area contributed by atoms with Crippen molar-refractivity contribution in [3.8, 4) is 5.75 Å². The molecule has 1 atom stereocenters. The minimum absolute atomic E-state index is 0.0646. The molecule has 8 heteroatoms. The van der Waals surface area contributed by atoms with Crippen molar-refractivity contribution in [2.75, 3.05) is 0 Å². The van der Waals surface area contributed by atoms with Crippen molar-refractivity contribution < 1.29 is 19.1 Å². The van der Waals surface area contributed by atoms with Crippen LogP contribution in [0.2, 0.25) is 0 Å². The number of amides is 3. The van der Waals surface area contributed by atoms with Gasteiger partial charge in [0, 0.05) is 17.3 Å². The van der Waals surface area contributed by atoms with Crippen LogP contribution in [0.25, 0.3) is 5.70 Å². The number of carbonyl (C=O) groups excluding carboxylic acids is 2. The molecule has 0 spiro atoms. The molecule has 4 rings (SSSR count). The topological polar surface area (TPSA) is 117 Å². The molecular weight excluding hydrogens is 312 g/mol. The lowest BCUT2D eigenvalue weighted by atomic mass is 10.1. The molecule has 8 nitrogen and oxygen atoms in total. The number of allylic oxidation sites excluding steroid dienone is 1. The number of aromatic hydroxyl groups is 1. The number of pyridine rings is 1. The molecule has 0 bridgehead atoms. The summed E-state index contributed by atoms with van der Waals surface area (Å²) in [4.78, 5) is 31.2. The Morgan fingerprint density at radius 3 is 2.88 bits per heavy atom. The van der Waals surface area contributed by atoms with Gasteiger partial charge in [0.05, 0.1) is 18.1 Å². The minimum Gasteiger partial charge on any atom is -0.506 e. The molecule has 0 aliphatic carbocycles. The van der Waals surface area contributed by atoms with E-state index in [0.29, 0.717) is 29.2 Å². The van der Waals surface area contributed by atoms with E-state index in [1.165, 1.54) is 6.20 Å². The monoisotopic (exact) mass is 324 g/mol. The Bertz CT molecular complexity index is 913. The van der Waals surface area contributed by atoms with E-state index < -0.39 is 18.0 Å². The van der Waals surface area contributed by atoms with Gasteiger partial charge in [-0.25, -0.2) is 4.79 Å². The zero-order valence-corrected chi connectivity index (χ0v) is 12.3. The number of furan rings is 1. The zero-order chi connectivity index (χ0) is 16.7. The second kappa shape index (κ2) is 5.34. The fourth-order valence-corrected chi connectivity index (χ4v) is 2.64. The van der Waals surface area contributed by atoms with Crippen LogP contribution in [0.15, 0.2) is 40.0 Å². The molecular formula is C16H12N4O4. The average molecular weight is 324 g/mol. The highest BCUT2D eigenvalue weighted by Crippen LogP contribution is 2.27. The molecule has 2 aliphatic heterocycles. The van der Waals surface area contributed by atoms with Gasteiger partial charge in [-0.2, -0.15) is 0 Å². The van der Waals surface area contributed by atoms with Gasteiger partial charge >= 0.3 is 6.03 Å². The molecule has 3 N–H and O–H groups in total. The molecule has 0 radical (unpaired) electrons. The third-order valence-electron chi connectivity index (χ3n) is 3.78. The van der Waals surface area contributed by atoms with E-state index >= 15 is 0 Å². The third kappa shape index (κ3) is 2.43. The number of hydrogen-bond donors (Lipinski definition) is 3. The number of urea groups is 1. The van der Waals surface area contributed by atoms with E-state index in [9.17, 15) is 14.7 Å². The summed E-state index contributed by atoms with van der Waals surface area (Å²) in [5, 5.41) is 14.2. The summed E-state index contributed by atoms with van der Waals surface area (Å²) >= 11 is 0. The van der Waals surface area contributed by atoms with Crippen molar-refractivity contribution in [3.05, 3.63) is 53.2 Å². The van der Waals surface area contributed by atoms with Crippen molar-refractivity contribution >= 4 is 23.8 Å². The first-order valence-corrected chi connectivity index (χ1v) is 7.23. The molecule has 0 saturated carbocycles. The largest absolute Gasteiger partial charge is 0.506 e. The molecule has 1 saturated heterocycles. The van der Waals surface area contributed by atoms with Crippen molar-refractivity contribution in [1.82, 2.24) is 15.6 Å². The number of imide groups is 1.